The van der Waals surface area contributed by atoms with E-state index in [0.717, 1.165) is 11.0 Å². The lowest BCUT2D eigenvalue weighted by Gasteiger charge is -2.34. The molecule has 8 nitrogen and oxygen atoms in total. The fourth-order valence-electron chi connectivity index (χ4n) is 4.13. The average Bonchev–Trinajstić information content (AvgIpc) is 3.01. The normalized spacial score (nSPS) is 17.5. The molecule has 0 spiro atoms. The number of anilines is 1. The number of amides is 3. The van der Waals surface area contributed by atoms with E-state index in [1.165, 1.54) is 26.2 Å². The highest BCUT2D eigenvalue weighted by Crippen LogP contribution is 2.36. The number of hydrogen-bond acceptors (Lipinski definition) is 6. The van der Waals surface area contributed by atoms with Gasteiger partial charge in [0.25, 0.3) is 11.8 Å². The second kappa shape index (κ2) is 10.4. The smallest absolute Gasteiger partial charge is 0.375 e. The molecule has 0 radical (unpaired) electrons. The molecule has 3 amide bonds. The minimum absolute atomic E-state index is 0.0454. The second-order valence-electron chi connectivity index (χ2n) is 8.15. The molecule has 2 aliphatic heterocycles. The molecule has 0 aromatic heterocycles. The first-order valence-electron chi connectivity index (χ1n) is 10.8. The van der Waals surface area contributed by atoms with E-state index >= 15 is 0 Å². The summed E-state index contributed by atoms with van der Waals surface area (Å²) in [5.74, 6) is -1.37. The van der Waals surface area contributed by atoms with Crippen molar-refractivity contribution in [1.29, 1.82) is 5.26 Å². The lowest BCUT2D eigenvalue weighted by molar-refractivity contribution is -0.138. The first kappa shape index (κ1) is 25.4. The zero-order valence-corrected chi connectivity index (χ0v) is 18.9. The third-order valence-electron chi connectivity index (χ3n) is 6.02. The van der Waals surface area contributed by atoms with Crippen molar-refractivity contribution in [3.05, 3.63) is 40.5 Å². The van der Waals surface area contributed by atoms with Gasteiger partial charge in [0, 0.05) is 44.4 Å². The quantitative estimate of drug-likeness (QED) is 0.559. The fourth-order valence-corrected chi connectivity index (χ4v) is 4.13. The number of rotatable bonds is 7. The van der Waals surface area contributed by atoms with Gasteiger partial charge in [0.2, 0.25) is 5.91 Å². The molecule has 2 heterocycles. The van der Waals surface area contributed by atoms with Crippen LogP contribution in [0.3, 0.4) is 0 Å². The molecule has 0 aliphatic carbocycles. The van der Waals surface area contributed by atoms with E-state index in [1.807, 2.05) is 0 Å². The van der Waals surface area contributed by atoms with Crippen molar-refractivity contribution in [2.45, 2.75) is 25.9 Å². The van der Waals surface area contributed by atoms with Crippen LogP contribution in [-0.2, 0) is 25.3 Å². The van der Waals surface area contributed by atoms with Crippen molar-refractivity contribution >= 4 is 23.4 Å². The number of nitrogens with zero attached hydrogens (tertiary/aromatic N) is 4. The Balaban J connectivity index is 1.62. The molecule has 1 fully saturated rings. The predicted octanol–water partition coefficient (Wildman–Crippen LogP) is 2.34. The highest BCUT2D eigenvalue weighted by atomic mass is 19.4. The Kier molecular flexibility index (Phi) is 7.74. The number of benzene rings is 1. The number of alkyl halides is 3. The third-order valence-corrected chi connectivity index (χ3v) is 6.02. The number of carbonyl (C=O) groups excluding carboxylic acids is 3. The van der Waals surface area contributed by atoms with E-state index in [0.29, 0.717) is 51.6 Å². The minimum atomic E-state index is -4.80. The highest BCUT2D eigenvalue weighted by Gasteiger charge is 2.39. The summed E-state index contributed by atoms with van der Waals surface area (Å²) in [4.78, 5) is 42.1. The van der Waals surface area contributed by atoms with Gasteiger partial charge in [-0.1, -0.05) is 0 Å². The van der Waals surface area contributed by atoms with Crippen LogP contribution in [0.1, 0.15) is 30.9 Å². The van der Waals surface area contributed by atoms with Crippen molar-refractivity contribution < 1.29 is 32.3 Å². The Morgan fingerprint density at radius 2 is 1.82 bits per heavy atom. The largest absolute Gasteiger partial charge is 0.417 e. The molecular formula is C23H25F3N4O4. The van der Waals surface area contributed by atoms with E-state index in [9.17, 15) is 27.6 Å². The third kappa shape index (κ3) is 5.29. The summed E-state index contributed by atoms with van der Waals surface area (Å²) in [6.45, 7) is 4.70. The molecule has 34 heavy (non-hydrogen) atoms. The second-order valence-corrected chi connectivity index (χ2v) is 8.15. The first-order valence-corrected chi connectivity index (χ1v) is 10.8. The van der Waals surface area contributed by atoms with Crippen LogP contribution < -0.4 is 4.90 Å². The Morgan fingerprint density at radius 3 is 2.41 bits per heavy atom. The molecule has 1 aromatic rings. The number of halogens is 3. The predicted molar refractivity (Wildman–Crippen MR) is 115 cm³/mol. The van der Waals surface area contributed by atoms with E-state index in [-0.39, 0.29) is 29.3 Å². The van der Waals surface area contributed by atoms with Gasteiger partial charge in [0.05, 0.1) is 22.9 Å². The van der Waals surface area contributed by atoms with E-state index in [4.69, 9.17) is 10.00 Å². The van der Waals surface area contributed by atoms with Crippen LogP contribution in [0.4, 0.5) is 18.9 Å². The maximum atomic E-state index is 13.3. The highest BCUT2D eigenvalue weighted by molar-refractivity contribution is 6.32. The van der Waals surface area contributed by atoms with Gasteiger partial charge >= 0.3 is 6.18 Å². The number of methoxy groups -OCH3 is 1. The van der Waals surface area contributed by atoms with Gasteiger partial charge in [-0.05, 0) is 44.5 Å². The van der Waals surface area contributed by atoms with Crippen molar-refractivity contribution in [3.8, 4) is 6.07 Å². The maximum Gasteiger partial charge on any atom is 0.417 e. The molecule has 3 rings (SSSR count). The van der Waals surface area contributed by atoms with Crippen LogP contribution in [0.2, 0.25) is 0 Å². The molecule has 182 valence electrons. The molecule has 11 heteroatoms. The number of piperazine rings is 1. The summed E-state index contributed by atoms with van der Waals surface area (Å²) in [6.07, 6.45) is -3.92. The molecule has 0 bridgehead atoms. The van der Waals surface area contributed by atoms with E-state index < -0.39 is 29.1 Å². The molecule has 1 aromatic carbocycles. The standard InChI is InChI=1S/C23H25F3N4O4/c1-15-18(4-3-7-28-8-10-29(11-9-28)20(31)14-34-2)22(33)30(21(15)32)17-6-5-16(13-27)19(12-17)23(24,25)26/h5-6,12H,3-4,7-11,14H2,1-2H3. The monoisotopic (exact) mass is 478 g/mol. The van der Waals surface area contributed by atoms with Gasteiger partial charge in [-0.2, -0.15) is 18.4 Å². The van der Waals surface area contributed by atoms with Crippen LogP contribution in [0, 0.1) is 11.3 Å². The number of hydrogen-bond donors (Lipinski definition) is 0. The molecule has 1 saturated heterocycles. The molecule has 2 aliphatic rings. The van der Waals surface area contributed by atoms with E-state index in [1.54, 1.807) is 4.90 Å². The zero-order chi connectivity index (χ0) is 25.0. The van der Waals surface area contributed by atoms with Gasteiger partial charge in [-0.25, -0.2) is 4.90 Å². The van der Waals surface area contributed by atoms with Gasteiger partial charge in [0.1, 0.15) is 6.61 Å². The minimum Gasteiger partial charge on any atom is -0.375 e. The van der Waals surface area contributed by atoms with Gasteiger partial charge in [-0.3, -0.25) is 19.3 Å². The van der Waals surface area contributed by atoms with Crippen molar-refractivity contribution in [2.24, 2.45) is 0 Å². The van der Waals surface area contributed by atoms with Crippen molar-refractivity contribution in [3.63, 3.8) is 0 Å². The summed E-state index contributed by atoms with van der Waals surface area (Å²) in [6, 6.07) is 4.28. The summed E-state index contributed by atoms with van der Waals surface area (Å²) in [5.41, 5.74) is -1.51. The first-order chi connectivity index (χ1) is 16.1. The average molecular weight is 478 g/mol. The van der Waals surface area contributed by atoms with Gasteiger partial charge < -0.3 is 9.64 Å². The topological polar surface area (TPSA) is 93.9 Å². The lowest BCUT2D eigenvalue weighted by Crippen LogP contribution is -2.49. The lowest BCUT2D eigenvalue weighted by atomic mass is 10.1. The molecule has 0 atom stereocenters. The summed E-state index contributed by atoms with van der Waals surface area (Å²) >= 11 is 0. The summed E-state index contributed by atoms with van der Waals surface area (Å²) in [7, 11) is 1.47. The number of ether oxygens (including phenoxy) is 1. The number of nitriles is 1. The Morgan fingerprint density at radius 1 is 1.15 bits per heavy atom. The van der Waals surface area contributed by atoms with Crippen molar-refractivity contribution in [2.75, 3.05) is 51.3 Å². The summed E-state index contributed by atoms with van der Waals surface area (Å²) < 4.78 is 44.8. The number of carbonyl (C=O) groups is 3. The molecular weight excluding hydrogens is 453 g/mol. The molecule has 0 saturated carbocycles. The van der Waals surface area contributed by atoms with Crippen LogP contribution in [-0.4, -0.2) is 74.0 Å². The Labute approximate surface area is 195 Å². The SMILES string of the molecule is COCC(=O)N1CCN(CCCC2=C(C)C(=O)N(c3ccc(C#N)c(C(F)(F)F)c3)C2=O)CC1. The fraction of sp³-hybridized carbons (Fsp3) is 0.478. The Bertz CT molecular complexity index is 1050. The van der Waals surface area contributed by atoms with Crippen molar-refractivity contribution in [1.82, 2.24) is 9.80 Å². The van der Waals surface area contributed by atoms with Crippen LogP contribution in [0.5, 0.6) is 0 Å². The summed E-state index contributed by atoms with van der Waals surface area (Å²) in [5, 5.41) is 8.96. The zero-order valence-electron chi connectivity index (χ0n) is 18.9. The van der Waals surface area contributed by atoms with Crippen LogP contribution in [0.15, 0.2) is 29.3 Å². The Hall–Kier alpha value is -3.23. The molecule has 0 N–H and O–H groups in total. The van der Waals surface area contributed by atoms with Crippen LogP contribution in [0.25, 0.3) is 0 Å². The maximum absolute atomic E-state index is 13.3. The number of imide groups is 1. The van der Waals surface area contributed by atoms with Gasteiger partial charge in [-0.15, -0.1) is 0 Å². The van der Waals surface area contributed by atoms with Gasteiger partial charge in [0.15, 0.2) is 0 Å². The molecule has 0 unspecified atom stereocenters. The van der Waals surface area contributed by atoms with E-state index in [2.05, 4.69) is 4.90 Å². The van der Waals surface area contributed by atoms with Crippen LogP contribution >= 0.6 is 0 Å².